The van der Waals surface area contributed by atoms with Crippen molar-refractivity contribution in [3.05, 3.63) is 84.1 Å². The van der Waals surface area contributed by atoms with E-state index in [-0.39, 0.29) is 0 Å². The second kappa shape index (κ2) is 6.52. The van der Waals surface area contributed by atoms with Gasteiger partial charge in [0.1, 0.15) is 0 Å². The molecule has 0 aliphatic heterocycles. The predicted octanol–water partition coefficient (Wildman–Crippen LogP) is 5.53. The lowest BCUT2D eigenvalue weighted by atomic mass is 10.1. The molecule has 1 N–H and O–H groups in total. The normalized spacial score (nSPS) is 11.3. The molecule has 0 unspecified atom stereocenters. The standard InChI is InChI=1S/C22H18N4S/c1-15-6-2-3-9-19(15)13-23-21-25-26-20(14-24-22(26)27-21)18-11-10-16-7-4-5-8-17(16)12-18/h2-12,14H,13H2,1H3,(H,23,25). The second-order valence-corrected chi connectivity index (χ2v) is 7.54. The molecule has 0 aliphatic carbocycles. The fraction of sp³-hybridized carbons (Fsp3) is 0.0909. The molecule has 5 rings (SSSR count). The molecule has 0 fully saturated rings. The molecule has 5 aromatic rings. The van der Waals surface area contributed by atoms with E-state index in [1.807, 2.05) is 10.7 Å². The number of nitrogens with zero attached hydrogens (tertiary/aromatic N) is 3. The lowest BCUT2D eigenvalue weighted by molar-refractivity contribution is 0.966. The van der Waals surface area contributed by atoms with Gasteiger partial charge in [-0.25, -0.2) is 9.50 Å². The van der Waals surface area contributed by atoms with Gasteiger partial charge in [0.05, 0.1) is 11.9 Å². The van der Waals surface area contributed by atoms with Gasteiger partial charge in [0.25, 0.3) is 0 Å². The third kappa shape index (κ3) is 2.96. The van der Waals surface area contributed by atoms with Crippen LogP contribution in [0.2, 0.25) is 0 Å². The monoisotopic (exact) mass is 370 g/mol. The van der Waals surface area contributed by atoms with Crippen molar-refractivity contribution in [1.29, 1.82) is 0 Å². The molecule has 2 heterocycles. The molecular weight excluding hydrogens is 352 g/mol. The Bertz CT molecular complexity index is 1250. The van der Waals surface area contributed by atoms with E-state index < -0.39 is 0 Å². The Kier molecular flexibility index (Phi) is 3.87. The number of aromatic nitrogens is 3. The first-order valence-corrected chi connectivity index (χ1v) is 9.72. The first-order valence-electron chi connectivity index (χ1n) is 8.90. The highest BCUT2D eigenvalue weighted by atomic mass is 32.1. The van der Waals surface area contributed by atoms with Crippen molar-refractivity contribution in [3.8, 4) is 11.3 Å². The number of nitrogens with one attached hydrogen (secondary N) is 1. The average molecular weight is 370 g/mol. The van der Waals surface area contributed by atoms with Crippen molar-refractivity contribution in [2.75, 3.05) is 5.32 Å². The lowest BCUT2D eigenvalue weighted by Gasteiger charge is -2.05. The molecule has 0 saturated heterocycles. The molecule has 4 nitrogen and oxygen atoms in total. The SMILES string of the molecule is Cc1ccccc1CNc1nn2c(-c3ccc4ccccc4c3)cnc2s1. The number of anilines is 1. The maximum atomic E-state index is 4.74. The van der Waals surface area contributed by atoms with Crippen LogP contribution >= 0.6 is 11.3 Å². The summed E-state index contributed by atoms with van der Waals surface area (Å²) in [5, 5.41) is 11.5. The van der Waals surface area contributed by atoms with Gasteiger partial charge in [-0.05, 0) is 34.9 Å². The molecular formula is C22H18N4S. The van der Waals surface area contributed by atoms with E-state index in [4.69, 9.17) is 5.10 Å². The third-order valence-electron chi connectivity index (χ3n) is 4.82. The largest absolute Gasteiger partial charge is 0.356 e. The summed E-state index contributed by atoms with van der Waals surface area (Å²) in [5.41, 5.74) is 4.69. The van der Waals surface area contributed by atoms with Crippen LogP contribution in [0.15, 0.2) is 72.9 Å². The summed E-state index contributed by atoms with van der Waals surface area (Å²) in [6, 6.07) is 23.3. The van der Waals surface area contributed by atoms with Gasteiger partial charge >= 0.3 is 0 Å². The van der Waals surface area contributed by atoms with E-state index in [0.717, 1.165) is 27.9 Å². The number of benzene rings is 3. The van der Waals surface area contributed by atoms with Crippen molar-refractivity contribution >= 4 is 32.2 Å². The predicted molar refractivity (Wildman–Crippen MR) is 112 cm³/mol. The van der Waals surface area contributed by atoms with Crippen molar-refractivity contribution in [1.82, 2.24) is 14.6 Å². The topological polar surface area (TPSA) is 42.2 Å². The smallest absolute Gasteiger partial charge is 0.214 e. The quantitative estimate of drug-likeness (QED) is 0.452. The van der Waals surface area contributed by atoms with Gasteiger partial charge in [-0.15, -0.1) is 5.10 Å². The van der Waals surface area contributed by atoms with Crippen LogP contribution in [0.25, 0.3) is 27.0 Å². The van der Waals surface area contributed by atoms with Gasteiger partial charge in [0, 0.05) is 12.1 Å². The van der Waals surface area contributed by atoms with Crippen molar-refractivity contribution in [2.45, 2.75) is 13.5 Å². The number of aryl methyl sites for hydroxylation is 1. The molecule has 0 amide bonds. The van der Waals surface area contributed by atoms with E-state index in [1.54, 1.807) is 11.3 Å². The zero-order valence-corrected chi connectivity index (χ0v) is 15.7. The first-order chi connectivity index (χ1) is 13.3. The van der Waals surface area contributed by atoms with Crippen LogP contribution in [-0.2, 0) is 6.54 Å². The van der Waals surface area contributed by atoms with Crippen LogP contribution in [0.5, 0.6) is 0 Å². The molecule has 3 aromatic carbocycles. The van der Waals surface area contributed by atoms with Crippen molar-refractivity contribution in [2.24, 2.45) is 0 Å². The summed E-state index contributed by atoms with van der Waals surface area (Å²) >= 11 is 1.57. The van der Waals surface area contributed by atoms with E-state index in [2.05, 4.69) is 84.0 Å². The third-order valence-corrected chi connectivity index (χ3v) is 5.70. The Labute approximate surface area is 161 Å². The van der Waals surface area contributed by atoms with Gasteiger partial charge < -0.3 is 5.32 Å². The molecule has 0 aliphatic rings. The van der Waals surface area contributed by atoms with Gasteiger partial charge in [-0.1, -0.05) is 72.0 Å². The number of hydrogen-bond acceptors (Lipinski definition) is 4. The van der Waals surface area contributed by atoms with Gasteiger partial charge in [0.15, 0.2) is 0 Å². The Hall–Kier alpha value is -3.18. The number of imidazole rings is 1. The van der Waals surface area contributed by atoms with Gasteiger partial charge in [-0.2, -0.15) is 0 Å². The van der Waals surface area contributed by atoms with E-state index in [0.29, 0.717) is 0 Å². The molecule has 27 heavy (non-hydrogen) atoms. The van der Waals surface area contributed by atoms with Gasteiger partial charge in [-0.3, -0.25) is 0 Å². The second-order valence-electron chi connectivity index (χ2n) is 6.59. The highest BCUT2D eigenvalue weighted by Crippen LogP contribution is 2.28. The zero-order chi connectivity index (χ0) is 18.2. The summed E-state index contributed by atoms with van der Waals surface area (Å²) in [4.78, 5) is 5.44. The molecule has 0 atom stereocenters. The molecule has 5 heteroatoms. The lowest BCUT2D eigenvalue weighted by Crippen LogP contribution is -2.01. The Morgan fingerprint density at radius 1 is 0.963 bits per heavy atom. The van der Waals surface area contributed by atoms with Crippen molar-refractivity contribution < 1.29 is 0 Å². The molecule has 0 bridgehead atoms. The van der Waals surface area contributed by atoms with Gasteiger partial charge in [0.2, 0.25) is 10.1 Å². The Morgan fingerprint density at radius 3 is 2.67 bits per heavy atom. The maximum absolute atomic E-state index is 4.74. The maximum Gasteiger partial charge on any atom is 0.214 e. The van der Waals surface area contributed by atoms with Crippen LogP contribution in [0.4, 0.5) is 5.13 Å². The molecule has 132 valence electrons. The Balaban J connectivity index is 1.46. The summed E-state index contributed by atoms with van der Waals surface area (Å²) in [6.07, 6.45) is 1.90. The fourth-order valence-electron chi connectivity index (χ4n) is 3.29. The molecule has 2 aromatic heterocycles. The summed E-state index contributed by atoms with van der Waals surface area (Å²) in [6.45, 7) is 2.89. The van der Waals surface area contributed by atoms with Crippen LogP contribution in [0.3, 0.4) is 0 Å². The first kappa shape index (κ1) is 16.0. The number of fused-ring (bicyclic) bond motifs is 2. The molecule has 0 spiro atoms. The Morgan fingerprint density at radius 2 is 1.78 bits per heavy atom. The zero-order valence-electron chi connectivity index (χ0n) is 14.9. The minimum absolute atomic E-state index is 0.759. The fourth-order valence-corrected chi connectivity index (χ4v) is 4.06. The van der Waals surface area contributed by atoms with E-state index in [9.17, 15) is 0 Å². The molecule has 0 radical (unpaired) electrons. The van der Waals surface area contributed by atoms with E-state index >= 15 is 0 Å². The van der Waals surface area contributed by atoms with E-state index in [1.165, 1.54) is 21.9 Å². The summed E-state index contributed by atoms with van der Waals surface area (Å²) in [7, 11) is 0. The summed E-state index contributed by atoms with van der Waals surface area (Å²) in [5.74, 6) is 0. The molecule has 0 saturated carbocycles. The highest BCUT2D eigenvalue weighted by Gasteiger charge is 2.12. The van der Waals surface area contributed by atoms with Crippen LogP contribution < -0.4 is 5.32 Å². The summed E-state index contributed by atoms with van der Waals surface area (Å²) < 4.78 is 1.93. The van der Waals surface area contributed by atoms with Crippen LogP contribution in [-0.4, -0.2) is 14.6 Å². The van der Waals surface area contributed by atoms with Crippen LogP contribution in [0.1, 0.15) is 11.1 Å². The number of hydrogen-bond donors (Lipinski definition) is 1. The van der Waals surface area contributed by atoms with Crippen molar-refractivity contribution in [3.63, 3.8) is 0 Å². The minimum atomic E-state index is 0.759. The number of rotatable bonds is 4. The minimum Gasteiger partial charge on any atom is -0.356 e. The van der Waals surface area contributed by atoms with Crippen LogP contribution in [0, 0.1) is 6.92 Å². The highest BCUT2D eigenvalue weighted by molar-refractivity contribution is 7.20. The average Bonchev–Trinajstić information content (AvgIpc) is 3.27.